The Hall–Kier alpha value is -3.51. The van der Waals surface area contributed by atoms with Crippen LogP contribution in [0, 0.1) is 5.92 Å². The van der Waals surface area contributed by atoms with E-state index in [1.54, 1.807) is 43.4 Å². The molecular formula is C27H27ClN2O4. The van der Waals surface area contributed by atoms with Gasteiger partial charge >= 0.3 is 0 Å². The molecule has 7 heteroatoms. The Morgan fingerprint density at radius 1 is 0.971 bits per heavy atom. The number of hydrogen-bond donors (Lipinski definition) is 1. The molecule has 3 aromatic rings. The molecule has 1 aliphatic rings. The van der Waals surface area contributed by atoms with Crippen LogP contribution >= 0.6 is 11.6 Å². The van der Waals surface area contributed by atoms with Gasteiger partial charge in [0.15, 0.2) is 0 Å². The fourth-order valence-electron chi connectivity index (χ4n) is 4.40. The molecule has 1 fully saturated rings. The van der Waals surface area contributed by atoms with Crippen molar-refractivity contribution in [2.45, 2.75) is 12.5 Å². The molecule has 0 saturated carbocycles. The van der Waals surface area contributed by atoms with E-state index in [-0.39, 0.29) is 24.3 Å². The number of hydrogen-bond acceptors (Lipinski definition) is 4. The Labute approximate surface area is 204 Å². The van der Waals surface area contributed by atoms with Gasteiger partial charge in [-0.1, -0.05) is 48.0 Å². The molecule has 34 heavy (non-hydrogen) atoms. The van der Waals surface area contributed by atoms with Crippen LogP contribution < -0.4 is 14.8 Å². The third-order valence-corrected chi connectivity index (χ3v) is 6.40. The van der Waals surface area contributed by atoms with E-state index in [0.29, 0.717) is 35.2 Å². The summed E-state index contributed by atoms with van der Waals surface area (Å²) in [6.07, 6.45) is 0. The Bertz CT molecular complexity index is 1170. The number of rotatable bonds is 7. The van der Waals surface area contributed by atoms with Gasteiger partial charge in [0.2, 0.25) is 5.91 Å². The smallest absolute Gasteiger partial charge is 0.253 e. The molecule has 3 aromatic carbocycles. The van der Waals surface area contributed by atoms with Crippen molar-refractivity contribution in [3.8, 4) is 11.5 Å². The summed E-state index contributed by atoms with van der Waals surface area (Å²) in [4.78, 5) is 28.4. The molecule has 0 bridgehead atoms. The van der Waals surface area contributed by atoms with Gasteiger partial charge in [-0.25, -0.2) is 0 Å². The van der Waals surface area contributed by atoms with Crippen molar-refractivity contribution in [1.82, 2.24) is 10.2 Å². The SMILES string of the molecule is COc1ccc(OC)c([C@H]2CN(C(=O)c3cccc(Cl)c3)C[C@@H]2C(=O)NCc2ccccc2)c1. The van der Waals surface area contributed by atoms with Gasteiger partial charge in [0, 0.05) is 41.7 Å². The second-order valence-electron chi connectivity index (χ2n) is 8.24. The molecule has 0 aromatic heterocycles. The quantitative estimate of drug-likeness (QED) is 0.541. The normalized spacial score (nSPS) is 17.3. The van der Waals surface area contributed by atoms with Crippen LogP contribution in [0.5, 0.6) is 11.5 Å². The molecule has 0 radical (unpaired) electrons. The molecule has 0 aliphatic carbocycles. The zero-order valence-corrected chi connectivity index (χ0v) is 19.9. The summed E-state index contributed by atoms with van der Waals surface area (Å²) in [5, 5.41) is 3.54. The van der Waals surface area contributed by atoms with Crippen LogP contribution in [0.1, 0.15) is 27.4 Å². The van der Waals surface area contributed by atoms with Crippen LogP contribution in [-0.2, 0) is 11.3 Å². The summed E-state index contributed by atoms with van der Waals surface area (Å²) < 4.78 is 11.0. The minimum absolute atomic E-state index is 0.111. The highest BCUT2D eigenvalue weighted by molar-refractivity contribution is 6.30. The highest BCUT2D eigenvalue weighted by atomic mass is 35.5. The predicted octanol–water partition coefficient (Wildman–Crippen LogP) is 4.53. The molecule has 1 heterocycles. The molecule has 6 nitrogen and oxygen atoms in total. The lowest BCUT2D eigenvalue weighted by atomic mass is 9.87. The van der Waals surface area contributed by atoms with Crippen LogP contribution in [0.15, 0.2) is 72.8 Å². The van der Waals surface area contributed by atoms with E-state index in [1.807, 2.05) is 48.5 Å². The standard InChI is InChI=1S/C27H27ClN2O4/c1-33-21-11-12-25(34-2)22(14-21)23-16-30(27(32)19-9-6-10-20(28)13-19)17-24(23)26(31)29-15-18-7-4-3-5-8-18/h3-14,23-24H,15-17H2,1-2H3,(H,29,31)/t23-,24+/m1/s1. The lowest BCUT2D eigenvalue weighted by Crippen LogP contribution is -2.35. The van der Waals surface area contributed by atoms with Crippen LogP contribution in [0.3, 0.4) is 0 Å². The lowest BCUT2D eigenvalue weighted by Gasteiger charge is -2.21. The number of carbonyl (C=O) groups is 2. The van der Waals surface area contributed by atoms with Crippen LogP contribution in [0.2, 0.25) is 5.02 Å². The number of ether oxygens (including phenoxy) is 2. The Kier molecular flexibility index (Phi) is 7.38. The van der Waals surface area contributed by atoms with Crippen LogP contribution in [0.25, 0.3) is 0 Å². The van der Waals surface area contributed by atoms with Crippen molar-refractivity contribution in [1.29, 1.82) is 0 Å². The molecular weight excluding hydrogens is 452 g/mol. The van der Waals surface area contributed by atoms with E-state index in [2.05, 4.69) is 5.32 Å². The van der Waals surface area contributed by atoms with E-state index in [9.17, 15) is 9.59 Å². The van der Waals surface area contributed by atoms with Crippen molar-refractivity contribution in [3.63, 3.8) is 0 Å². The van der Waals surface area contributed by atoms with Gasteiger partial charge < -0.3 is 19.7 Å². The second-order valence-corrected chi connectivity index (χ2v) is 8.68. The van der Waals surface area contributed by atoms with Crippen molar-refractivity contribution >= 4 is 23.4 Å². The maximum Gasteiger partial charge on any atom is 0.253 e. The van der Waals surface area contributed by atoms with Crippen molar-refractivity contribution in [2.24, 2.45) is 5.92 Å². The van der Waals surface area contributed by atoms with Gasteiger partial charge in [-0.05, 0) is 42.0 Å². The summed E-state index contributed by atoms with van der Waals surface area (Å²) in [6, 6.07) is 22.1. The topological polar surface area (TPSA) is 67.9 Å². The Morgan fingerprint density at radius 2 is 1.76 bits per heavy atom. The van der Waals surface area contributed by atoms with Gasteiger partial charge in [0.25, 0.3) is 5.91 Å². The van der Waals surface area contributed by atoms with Crippen LogP contribution in [-0.4, -0.2) is 44.0 Å². The van der Waals surface area contributed by atoms with Gasteiger partial charge in [-0.3, -0.25) is 9.59 Å². The van der Waals surface area contributed by atoms with Gasteiger partial charge in [-0.2, -0.15) is 0 Å². The number of amides is 2. The van der Waals surface area contributed by atoms with E-state index in [1.165, 1.54) is 0 Å². The summed E-state index contributed by atoms with van der Waals surface area (Å²) >= 11 is 6.11. The maximum atomic E-state index is 13.4. The molecule has 1 N–H and O–H groups in total. The highest BCUT2D eigenvalue weighted by Gasteiger charge is 2.42. The van der Waals surface area contributed by atoms with Crippen molar-refractivity contribution < 1.29 is 19.1 Å². The minimum atomic E-state index is -0.451. The van der Waals surface area contributed by atoms with E-state index in [0.717, 1.165) is 11.1 Å². The van der Waals surface area contributed by atoms with E-state index in [4.69, 9.17) is 21.1 Å². The maximum absolute atomic E-state index is 13.4. The molecule has 1 aliphatic heterocycles. The first-order valence-corrected chi connectivity index (χ1v) is 11.5. The average Bonchev–Trinajstić information content (AvgIpc) is 3.32. The lowest BCUT2D eigenvalue weighted by molar-refractivity contribution is -0.125. The number of likely N-dealkylation sites (tertiary alicyclic amines) is 1. The van der Waals surface area contributed by atoms with Gasteiger partial charge in [-0.15, -0.1) is 0 Å². The third-order valence-electron chi connectivity index (χ3n) is 6.16. The number of carbonyl (C=O) groups excluding carboxylic acids is 2. The highest BCUT2D eigenvalue weighted by Crippen LogP contribution is 2.40. The first-order chi connectivity index (χ1) is 16.5. The summed E-state index contributed by atoms with van der Waals surface area (Å²) in [7, 11) is 3.19. The van der Waals surface area contributed by atoms with Crippen LogP contribution in [0.4, 0.5) is 0 Å². The summed E-state index contributed by atoms with van der Waals surface area (Å²) in [5.41, 5.74) is 2.34. The zero-order chi connectivity index (χ0) is 24.1. The number of halogens is 1. The number of nitrogens with zero attached hydrogens (tertiary/aromatic N) is 1. The fraction of sp³-hybridized carbons (Fsp3) is 0.259. The first kappa shape index (κ1) is 23.6. The number of benzene rings is 3. The minimum Gasteiger partial charge on any atom is -0.497 e. The van der Waals surface area contributed by atoms with Crippen molar-refractivity contribution in [2.75, 3.05) is 27.3 Å². The second kappa shape index (κ2) is 10.6. The molecule has 4 rings (SSSR count). The molecule has 176 valence electrons. The zero-order valence-electron chi connectivity index (χ0n) is 19.2. The monoisotopic (exact) mass is 478 g/mol. The molecule has 0 unspecified atom stereocenters. The summed E-state index contributed by atoms with van der Waals surface area (Å²) in [6.45, 7) is 1.08. The molecule has 0 spiro atoms. The average molecular weight is 479 g/mol. The first-order valence-electron chi connectivity index (χ1n) is 11.1. The van der Waals surface area contributed by atoms with Gasteiger partial charge in [0.1, 0.15) is 11.5 Å². The molecule has 1 saturated heterocycles. The molecule has 2 atom stereocenters. The predicted molar refractivity (Wildman–Crippen MR) is 131 cm³/mol. The third kappa shape index (κ3) is 5.18. The summed E-state index contributed by atoms with van der Waals surface area (Å²) in [5.74, 6) is 0.340. The van der Waals surface area contributed by atoms with E-state index < -0.39 is 5.92 Å². The number of nitrogens with one attached hydrogen (secondary N) is 1. The molecule has 2 amide bonds. The Balaban J connectivity index is 1.63. The largest absolute Gasteiger partial charge is 0.497 e. The van der Waals surface area contributed by atoms with Crippen molar-refractivity contribution in [3.05, 3.63) is 94.5 Å². The van der Waals surface area contributed by atoms with E-state index >= 15 is 0 Å². The fourth-order valence-corrected chi connectivity index (χ4v) is 4.59. The Morgan fingerprint density at radius 3 is 2.47 bits per heavy atom. The van der Waals surface area contributed by atoms with Gasteiger partial charge in [0.05, 0.1) is 20.1 Å². The number of methoxy groups -OCH3 is 2.